The smallest absolute Gasteiger partial charge is 0.134 e. The molecule has 5 rings (SSSR count). The molecule has 0 amide bonds. The molecular formula is C27H32O2. The number of rotatable bonds is 6. The van der Waals surface area contributed by atoms with Crippen molar-refractivity contribution in [3.63, 3.8) is 0 Å². The number of hydrogen-bond donors (Lipinski definition) is 0. The van der Waals surface area contributed by atoms with Crippen LogP contribution in [0.2, 0.25) is 0 Å². The molecule has 2 saturated carbocycles. The van der Waals surface area contributed by atoms with E-state index in [1.807, 2.05) is 18.2 Å². The van der Waals surface area contributed by atoms with Gasteiger partial charge in [-0.3, -0.25) is 4.79 Å². The van der Waals surface area contributed by atoms with E-state index in [0.29, 0.717) is 29.1 Å². The molecule has 1 spiro atoms. The Kier molecular flexibility index (Phi) is 4.57. The molecule has 0 aliphatic heterocycles. The van der Waals surface area contributed by atoms with Gasteiger partial charge in [0, 0.05) is 12.8 Å². The van der Waals surface area contributed by atoms with Crippen molar-refractivity contribution in [1.82, 2.24) is 0 Å². The predicted molar refractivity (Wildman–Crippen MR) is 116 cm³/mol. The normalized spacial score (nSPS) is 29.8. The van der Waals surface area contributed by atoms with Crippen molar-refractivity contribution in [1.29, 1.82) is 0 Å². The molecule has 3 aliphatic rings. The van der Waals surface area contributed by atoms with Crippen LogP contribution in [0.5, 0.6) is 5.75 Å². The van der Waals surface area contributed by atoms with Gasteiger partial charge in [-0.15, -0.1) is 0 Å². The molecule has 0 N–H and O–H groups in total. The van der Waals surface area contributed by atoms with Crippen LogP contribution in [-0.2, 0) is 17.8 Å². The van der Waals surface area contributed by atoms with E-state index < -0.39 is 0 Å². The van der Waals surface area contributed by atoms with Gasteiger partial charge in [-0.1, -0.05) is 56.7 Å². The number of Topliss-reactive ketones (excluding diaryl/α,β-unsaturated/α-hetero) is 1. The summed E-state index contributed by atoms with van der Waals surface area (Å²) in [7, 11) is 0. The second-order valence-electron chi connectivity index (χ2n) is 10.2. The summed E-state index contributed by atoms with van der Waals surface area (Å²) in [4.78, 5) is 12.7. The van der Waals surface area contributed by atoms with E-state index in [-0.39, 0.29) is 0 Å². The summed E-state index contributed by atoms with van der Waals surface area (Å²) < 4.78 is 6.07. The number of ketones is 1. The van der Waals surface area contributed by atoms with Crippen molar-refractivity contribution in [3.8, 4) is 5.75 Å². The largest absolute Gasteiger partial charge is 0.489 e. The first-order valence-corrected chi connectivity index (χ1v) is 11.3. The molecule has 2 fully saturated rings. The molecule has 0 bridgehead atoms. The van der Waals surface area contributed by atoms with E-state index in [0.717, 1.165) is 30.9 Å². The second kappa shape index (κ2) is 7.00. The molecule has 3 atom stereocenters. The highest BCUT2D eigenvalue weighted by Crippen LogP contribution is 2.80. The lowest BCUT2D eigenvalue weighted by atomic mass is 9.62. The van der Waals surface area contributed by atoms with Crippen LogP contribution in [0.15, 0.2) is 48.5 Å². The van der Waals surface area contributed by atoms with E-state index in [4.69, 9.17) is 4.74 Å². The molecule has 0 radical (unpaired) electrons. The van der Waals surface area contributed by atoms with E-state index in [1.165, 1.54) is 42.4 Å². The van der Waals surface area contributed by atoms with Crippen molar-refractivity contribution >= 4 is 5.78 Å². The van der Waals surface area contributed by atoms with Gasteiger partial charge in [0.2, 0.25) is 0 Å². The lowest BCUT2D eigenvalue weighted by Crippen LogP contribution is -2.35. The molecule has 29 heavy (non-hydrogen) atoms. The van der Waals surface area contributed by atoms with E-state index >= 15 is 0 Å². The summed E-state index contributed by atoms with van der Waals surface area (Å²) in [6.45, 7) is 5.21. The maximum Gasteiger partial charge on any atom is 0.134 e. The number of aryl methyl sites for hydroxylation is 1. The van der Waals surface area contributed by atoms with Crippen LogP contribution >= 0.6 is 0 Å². The number of hydrogen-bond acceptors (Lipinski definition) is 2. The Labute approximate surface area is 174 Å². The Morgan fingerprint density at radius 1 is 1.14 bits per heavy atom. The van der Waals surface area contributed by atoms with Gasteiger partial charge in [0.15, 0.2) is 0 Å². The van der Waals surface area contributed by atoms with Crippen LogP contribution in [0, 0.1) is 16.7 Å². The highest BCUT2D eigenvalue weighted by molar-refractivity contribution is 5.83. The first kappa shape index (κ1) is 18.9. The fourth-order valence-corrected chi connectivity index (χ4v) is 6.42. The van der Waals surface area contributed by atoms with Crippen molar-refractivity contribution in [2.24, 2.45) is 16.7 Å². The number of fused-ring (bicyclic) bond motifs is 2. The second-order valence-corrected chi connectivity index (χ2v) is 10.2. The minimum atomic E-state index is 0.303. The molecule has 152 valence electrons. The van der Waals surface area contributed by atoms with E-state index in [9.17, 15) is 4.79 Å². The Hall–Kier alpha value is -2.09. The summed E-state index contributed by atoms with van der Waals surface area (Å²) in [5.41, 5.74) is 4.73. The third-order valence-electron chi connectivity index (χ3n) is 8.00. The zero-order chi connectivity index (χ0) is 20.1. The van der Waals surface area contributed by atoms with Gasteiger partial charge in [0.25, 0.3) is 0 Å². The van der Waals surface area contributed by atoms with Crippen molar-refractivity contribution in [2.45, 2.75) is 71.3 Å². The number of benzene rings is 2. The summed E-state index contributed by atoms with van der Waals surface area (Å²) in [5, 5.41) is 0. The minimum Gasteiger partial charge on any atom is -0.489 e. The molecule has 2 aromatic rings. The molecular weight excluding hydrogens is 356 g/mol. The van der Waals surface area contributed by atoms with Crippen LogP contribution in [0.1, 0.15) is 75.0 Å². The number of ether oxygens (including phenoxy) is 1. The Bertz CT molecular complexity index is 915. The Balaban J connectivity index is 1.36. The molecule has 0 aromatic heterocycles. The SMILES string of the molecule is CC(C)CC[C@]12CC(=O)C[C@@H]3c4ccc(OCc5ccccc5)cc4CC[C@]31C2. The third kappa shape index (κ3) is 3.21. The first-order valence-electron chi connectivity index (χ1n) is 11.3. The van der Waals surface area contributed by atoms with Crippen molar-refractivity contribution < 1.29 is 9.53 Å². The molecule has 2 aromatic carbocycles. The standard InChI is InChI=1S/C27H32O2/c1-19(2)10-12-26-16-22(28)15-25-24-9-8-23(29-17-20-6-4-3-5-7-20)14-21(24)11-13-27(25,26)18-26/h3-9,14,19,25H,10-13,15-18H2,1-2H3/t25-,26-,27+/m1/s1. The van der Waals surface area contributed by atoms with Gasteiger partial charge in [0.1, 0.15) is 18.1 Å². The maximum absolute atomic E-state index is 12.7. The van der Waals surface area contributed by atoms with Gasteiger partial charge in [-0.2, -0.15) is 0 Å². The summed E-state index contributed by atoms with van der Waals surface area (Å²) in [5.74, 6) is 2.59. The minimum absolute atomic E-state index is 0.303. The Morgan fingerprint density at radius 3 is 2.76 bits per heavy atom. The summed E-state index contributed by atoms with van der Waals surface area (Å²) >= 11 is 0. The fraction of sp³-hybridized carbons (Fsp3) is 0.519. The van der Waals surface area contributed by atoms with E-state index in [1.54, 1.807) is 0 Å². The van der Waals surface area contributed by atoms with Crippen LogP contribution in [0.25, 0.3) is 0 Å². The molecule has 2 nitrogen and oxygen atoms in total. The average Bonchev–Trinajstić information content (AvgIpc) is 3.37. The predicted octanol–water partition coefficient (Wildman–Crippen LogP) is 6.47. The highest BCUT2D eigenvalue weighted by atomic mass is 16.5. The maximum atomic E-state index is 12.7. The number of carbonyl (C=O) groups is 1. The summed E-state index contributed by atoms with van der Waals surface area (Å²) in [6.07, 6.45) is 7.73. The molecule has 0 saturated heterocycles. The zero-order valence-electron chi connectivity index (χ0n) is 17.7. The van der Waals surface area contributed by atoms with Crippen LogP contribution in [-0.4, -0.2) is 5.78 Å². The zero-order valence-corrected chi connectivity index (χ0v) is 17.7. The van der Waals surface area contributed by atoms with Crippen LogP contribution in [0.4, 0.5) is 0 Å². The molecule has 0 unspecified atom stereocenters. The number of carbonyl (C=O) groups excluding carboxylic acids is 1. The van der Waals surface area contributed by atoms with Gasteiger partial charge < -0.3 is 4.74 Å². The molecule has 3 aliphatic carbocycles. The highest BCUT2D eigenvalue weighted by Gasteiger charge is 2.72. The molecule has 0 heterocycles. The quantitative estimate of drug-likeness (QED) is 0.567. The topological polar surface area (TPSA) is 26.3 Å². The van der Waals surface area contributed by atoms with Gasteiger partial charge in [-0.25, -0.2) is 0 Å². The van der Waals surface area contributed by atoms with Crippen molar-refractivity contribution in [3.05, 3.63) is 65.2 Å². The third-order valence-corrected chi connectivity index (χ3v) is 8.00. The summed E-state index contributed by atoms with van der Waals surface area (Å²) in [6, 6.07) is 17.0. The average molecular weight is 389 g/mol. The van der Waals surface area contributed by atoms with E-state index in [2.05, 4.69) is 44.2 Å². The fourth-order valence-electron chi connectivity index (χ4n) is 6.42. The van der Waals surface area contributed by atoms with Gasteiger partial charge in [0.05, 0.1) is 0 Å². The monoisotopic (exact) mass is 388 g/mol. The Morgan fingerprint density at radius 2 is 1.97 bits per heavy atom. The van der Waals surface area contributed by atoms with Crippen LogP contribution < -0.4 is 4.74 Å². The molecule has 2 heteroatoms. The van der Waals surface area contributed by atoms with Crippen LogP contribution in [0.3, 0.4) is 0 Å². The first-order chi connectivity index (χ1) is 14.0. The lowest BCUT2D eigenvalue weighted by molar-refractivity contribution is -0.123. The van der Waals surface area contributed by atoms with Gasteiger partial charge >= 0.3 is 0 Å². The van der Waals surface area contributed by atoms with Gasteiger partial charge in [-0.05, 0) is 77.2 Å². The van der Waals surface area contributed by atoms with Crippen molar-refractivity contribution in [2.75, 3.05) is 0 Å². The lowest BCUT2D eigenvalue weighted by Gasteiger charge is -2.42.